The monoisotopic (exact) mass is 324 g/mol. The van der Waals surface area contributed by atoms with E-state index in [0.717, 1.165) is 16.8 Å². The summed E-state index contributed by atoms with van der Waals surface area (Å²) in [5, 5.41) is 0. The molecule has 0 saturated carbocycles. The Balaban J connectivity index is 2.19. The van der Waals surface area contributed by atoms with Gasteiger partial charge in [-0.15, -0.1) is 0 Å². The Morgan fingerprint density at radius 3 is 2.53 bits per heavy atom. The molecule has 2 N–H and O–H groups in total. The molecule has 2 rings (SSSR count). The Labute approximate surface area is 125 Å². The van der Waals surface area contributed by atoms with Gasteiger partial charge in [0, 0.05) is 23.1 Å². The minimum atomic E-state index is 0.219. The largest absolute Gasteiger partial charge is 0.326 e. The molecule has 0 bridgehead atoms. The van der Waals surface area contributed by atoms with Gasteiger partial charge >= 0.3 is 0 Å². The molecule has 106 valence electrons. The number of hydrogen-bond donors (Lipinski definition) is 1. The van der Waals surface area contributed by atoms with Crippen molar-refractivity contribution < 1.29 is 0 Å². The van der Waals surface area contributed by atoms with Crippen molar-refractivity contribution in [2.75, 3.05) is 13.1 Å². The molecular weight excluding hydrogens is 300 g/mol. The number of benzene rings is 1. The van der Waals surface area contributed by atoms with Gasteiger partial charge in [0.15, 0.2) is 0 Å². The molecule has 0 radical (unpaired) electrons. The van der Waals surface area contributed by atoms with Gasteiger partial charge < -0.3 is 5.73 Å². The molecule has 1 saturated heterocycles. The number of nitrogens with zero attached hydrogens (tertiary/aromatic N) is 1. The van der Waals surface area contributed by atoms with Crippen LogP contribution in [0.4, 0.5) is 0 Å². The van der Waals surface area contributed by atoms with Crippen LogP contribution in [0.15, 0.2) is 28.7 Å². The van der Waals surface area contributed by atoms with E-state index in [1.807, 2.05) is 0 Å². The van der Waals surface area contributed by atoms with E-state index in [1.165, 1.54) is 31.5 Å². The number of likely N-dealkylation sites (tertiary alicyclic amines) is 1. The summed E-state index contributed by atoms with van der Waals surface area (Å²) in [6.45, 7) is 6.87. The predicted octanol–water partition coefficient (Wildman–Crippen LogP) is 3.96. The summed E-state index contributed by atoms with van der Waals surface area (Å²) >= 11 is 3.51. The zero-order valence-corrected chi connectivity index (χ0v) is 13.6. The maximum atomic E-state index is 6.40. The smallest absolute Gasteiger partial charge is 0.0499 e. The first-order chi connectivity index (χ1) is 9.15. The highest BCUT2D eigenvalue weighted by Gasteiger charge is 2.31. The fraction of sp³-hybridized carbons (Fsp3) is 0.625. The standard InChI is InChI=1S/C16H25BrN2/c1-3-12-9-10-19(11-12)16(15(18)4-2)13-5-7-14(17)8-6-13/h5-8,12,15-16H,3-4,9-11,18H2,1-2H3. The quantitative estimate of drug-likeness (QED) is 0.888. The van der Waals surface area contributed by atoms with Gasteiger partial charge in [0.2, 0.25) is 0 Å². The van der Waals surface area contributed by atoms with Crippen LogP contribution >= 0.6 is 15.9 Å². The molecule has 0 aromatic heterocycles. The lowest BCUT2D eigenvalue weighted by atomic mass is 9.96. The fourth-order valence-corrected chi connectivity index (χ4v) is 3.32. The van der Waals surface area contributed by atoms with Crippen LogP contribution in [0.25, 0.3) is 0 Å². The van der Waals surface area contributed by atoms with Crippen LogP contribution in [-0.4, -0.2) is 24.0 Å². The van der Waals surface area contributed by atoms with E-state index < -0.39 is 0 Å². The first kappa shape index (κ1) is 15.0. The second kappa shape index (κ2) is 6.87. The second-order valence-electron chi connectivity index (χ2n) is 5.63. The van der Waals surface area contributed by atoms with Crippen LogP contribution in [0, 0.1) is 5.92 Å². The zero-order chi connectivity index (χ0) is 13.8. The third kappa shape index (κ3) is 3.59. The van der Waals surface area contributed by atoms with Gasteiger partial charge in [-0.25, -0.2) is 0 Å². The second-order valence-corrected chi connectivity index (χ2v) is 6.54. The van der Waals surface area contributed by atoms with Crippen LogP contribution in [0.1, 0.15) is 44.7 Å². The van der Waals surface area contributed by atoms with Crippen molar-refractivity contribution >= 4 is 15.9 Å². The number of rotatable bonds is 5. The molecule has 1 fully saturated rings. The van der Waals surface area contributed by atoms with Crippen molar-refractivity contribution in [2.45, 2.75) is 45.2 Å². The first-order valence-corrected chi connectivity index (χ1v) is 8.20. The topological polar surface area (TPSA) is 29.3 Å². The molecule has 2 nitrogen and oxygen atoms in total. The van der Waals surface area contributed by atoms with Crippen molar-refractivity contribution in [3.05, 3.63) is 34.3 Å². The first-order valence-electron chi connectivity index (χ1n) is 7.40. The molecule has 3 unspecified atom stereocenters. The molecule has 0 spiro atoms. The summed E-state index contributed by atoms with van der Waals surface area (Å²) in [5.41, 5.74) is 7.76. The van der Waals surface area contributed by atoms with Crippen LogP contribution < -0.4 is 5.73 Å². The van der Waals surface area contributed by atoms with E-state index in [0.29, 0.717) is 6.04 Å². The molecule has 3 heteroatoms. The highest BCUT2D eigenvalue weighted by atomic mass is 79.9. The van der Waals surface area contributed by atoms with E-state index in [4.69, 9.17) is 5.73 Å². The molecule has 1 aromatic rings. The third-order valence-electron chi connectivity index (χ3n) is 4.38. The van der Waals surface area contributed by atoms with Gasteiger partial charge in [0.05, 0.1) is 0 Å². The average Bonchev–Trinajstić information content (AvgIpc) is 2.89. The van der Waals surface area contributed by atoms with Crippen LogP contribution in [0.5, 0.6) is 0 Å². The maximum Gasteiger partial charge on any atom is 0.0499 e. The maximum absolute atomic E-state index is 6.40. The molecule has 1 aliphatic rings. The SMILES string of the molecule is CCC1CCN(C(c2ccc(Br)cc2)C(N)CC)C1. The Bertz CT molecular complexity index is 390. The lowest BCUT2D eigenvalue weighted by molar-refractivity contribution is 0.201. The Kier molecular flexibility index (Phi) is 5.43. The summed E-state index contributed by atoms with van der Waals surface area (Å²) in [5.74, 6) is 0.849. The summed E-state index contributed by atoms with van der Waals surface area (Å²) < 4.78 is 1.13. The van der Waals surface area contributed by atoms with Gasteiger partial charge in [-0.3, -0.25) is 4.90 Å². The highest BCUT2D eigenvalue weighted by Crippen LogP contribution is 2.32. The number of nitrogens with two attached hydrogens (primary N) is 1. The van der Waals surface area contributed by atoms with Gasteiger partial charge in [-0.05, 0) is 43.0 Å². The van der Waals surface area contributed by atoms with Gasteiger partial charge in [0.1, 0.15) is 0 Å². The molecule has 0 amide bonds. The van der Waals surface area contributed by atoms with Crippen LogP contribution in [0.3, 0.4) is 0 Å². The molecule has 3 atom stereocenters. The van der Waals surface area contributed by atoms with E-state index >= 15 is 0 Å². The lowest BCUT2D eigenvalue weighted by Crippen LogP contribution is -2.39. The molecule has 1 aliphatic heterocycles. The highest BCUT2D eigenvalue weighted by molar-refractivity contribution is 9.10. The zero-order valence-electron chi connectivity index (χ0n) is 12.0. The molecule has 19 heavy (non-hydrogen) atoms. The van der Waals surface area contributed by atoms with Crippen LogP contribution in [0.2, 0.25) is 0 Å². The fourth-order valence-electron chi connectivity index (χ4n) is 3.06. The van der Waals surface area contributed by atoms with E-state index in [9.17, 15) is 0 Å². The third-order valence-corrected chi connectivity index (χ3v) is 4.91. The van der Waals surface area contributed by atoms with Crippen molar-refractivity contribution in [1.82, 2.24) is 4.90 Å². The molecular formula is C16H25BrN2. The summed E-state index contributed by atoms with van der Waals surface area (Å²) in [4.78, 5) is 2.59. The molecule has 0 aliphatic carbocycles. The minimum Gasteiger partial charge on any atom is -0.326 e. The van der Waals surface area contributed by atoms with E-state index in [-0.39, 0.29) is 6.04 Å². The Morgan fingerprint density at radius 2 is 2.00 bits per heavy atom. The number of hydrogen-bond acceptors (Lipinski definition) is 2. The normalized spacial score (nSPS) is 23.5. The van der Waals surface area contributed by atoms with Crippen molar-refractivity contribution in [2.24, 2.45) is 11.7 Å². The van der Waals surface area contributed by atoms with E-state index in [2.05, 4.69) is 58.9 Å². The van der Waals surface area contributed by atoms with Crippen molar-refractivity contribution in [1.29, 1.82) is 0 Å². The lowest BCUT2D eigenvalue weighted by Gasteiger charge is -2.33. The Hall–Kier alpha value is -0.380. The Morgan fingerprint density at radius 1 is 1.32 bits per heavy atom. The van der Waals surface area contributed by atoms with Crippen molar-refractivity contribution in [3.8, 4) is 0 Å². The average molecular weight is 325 g/mol. The summed E-state index contributed by atoms with van der Waals surface area (Å²) in [6, 6.07) is 9.26. The number of halogens is 1. The molecule has 1 aromatic carbocycles. The predicted molar refractivity (Wildman–Crippen MR) is 85.1 cm³/mol. The van der Waals surface area contributed by atoms with Gasteiger partial charge in [-0.2, -0.15) is 0 Å². The van der Waals surface area contributed by atoms with Crippen LogP contribution in [-0.2, 0) is 0 Å². The van der Waals surface area contributed by atoms with Crippen molar-refractivity contribution in [3.63, 3.8) is 0 Å². The summed E-state index contributed by atoms with van der Waals surface area (Å²) in [7, 11) is 0. The van der Waals surface area contributed by atoms with Gasteiger partial charge in [-0.1, -0.05) is 48.3 Å². The van der Waals surface area contributed by atoms with Gasteiger partial charge in [0.25, 0.3) is 0 Å². The van der Waals surface area contributed by atoms with E-state index in [1.54, 1.807) is 0 Å². The molecule has 1 heterocycles. The minimum absolute atomic E-state index is 0.219. The summed E-state index contributed by atoms with van der Waals surface area (Å²) in [6.07, 6.45) is 3.62.